The Kier molecular flexibility index (Phi) is 7.05. The van der Waals surface area contributed by atoms with Crippen LogP contribution >= 0.6 is 0 Å². The summed E-state index contributed by atoms with van der Waals surface area (Å²) in [4.78, 5) is 23.1. The summed E-state index contributed by atoms with van der Waals surface area (Å²) in [5.41, 5.74) is -6.12. The molecule has 1 aromatic heterocycles. The number of carbonyl (C=O) groups is 1. The van der Waals surface area contributed by atoms with E-state index in [2.05, 4.69) is 14.2 Å². The first-order valence-electron chi connectivity index (χ1n) is 9.21. The van der Waals surface area contributed by atoms with Gasteiger partial charge in [-0.15, -0.1) is 0 Å². The molecule has 9 nitrogen and oxygen atoms in total. The van der Waals surface area contributed by atoms with Crippen molar-refractivity contribution in [1.82, 2.24) is 14.9 Å². The zero-order valence-electron chi connectivity index (χ0n) is 17.1. The number of ether oxygens (including phenoxy) is 1. The molecule has 1 saturated heterocycles. The Morgan fingerprint density at radius 2 is 1.87 bits per heavy atom. The van der Waals surface area contributed by atoms with Crippen molar-refractivity contribution in [2.45, 2.75) is 44.7 Å². The van der Waals surface area contributed by atoms with E-state index in [0.717, 1.165) is 12.3 Å². The molecule has 170 valence electrons. The minimum absolute atomic E-state index is 0.0273. The highest BCUT2D eigenvalue weighted by molar-refractivity contribution is 7.87. The SMILES string of the molecule is CN(CC1CCN(C(=O)OC(C)(C)C)CC1)c1nccc(OS(=O)(=O)C(F)(F)F)n1. The summed E-state index contributed by atoms with van der Waals surface area (Å²) in [6.07, 6.45) is 2.14. The Morgan fingerprint density at radius 1 is 1.27 bits per heavy atom. The van der Waals surface area contributed by atoms with Crippen molar-refractivity contribution >= 4 is 22.2 Å². The molecular formula is C17H25F3N4O5S. The highest BCUT2D eigenvalue weighted by Gasteiger charge is 2.49. The first kappa shape index (κ1) is 24.0. The predicted molar refractivity (Wildman–Crippen MR) is 101 cm³/mol. The average Bonchev–Trinajstić information content (AvgIpc) is 2.59. The van der Waals surface area contributed by atoms with Crippen LogP contribution in [0.1, 0.15) is 33.6 Å². The van der Waals surface area contributed by atoms with Crippen molar-refractivity contribution in [2.24, 2.45) is 5.92 Å². The fraction of sp³-hybridized carbons (Fsp3) is 0.706. The number of piperidine rings is 1. The van der Waals surface area contributed by atoms with E-state index in [4.69, 9.17) is 4.74 Å². The molecule has 0 N–H and O–H groups in total. The van der Waals surface area contributed by atoms with Crippen molar-refractivity contribution < 1.29 is 35.3 Å². The zero-order valence-corrected chi connectivity index (χ0v) is 18.0. The highest BCUT2D eigenvalue weighted by Crippen LogP contribution is 2.27. The molecule has 2 heterocycles. The topological polar surface area (TPSA) is 102 Å². The molecule has 2 rings (SSSR count). The van der Waals surface area contributed by atoms with E-state index >= 15 is 0 Å². The molecule has 0 unspecified atom stereocenters. The first-order valence-corrected chi connectivity index (χ1v) is 10.6. The number of halogens is 3. The third-order valence-electron chi connectivity index (χ3n) is 4.24. The molecule has 0 spiro atoms. The third kappa shape index (κ3) is 6.61. The number of amides is 1. The molecule has 0 saturated carbocycles. The quantitative estimate of drug-likeness (QED) is 0.494. The number of rotatable bonds is 5. The van der Waals surface area contributed by atoms with Gasteiger partial charge in [0.05, 0.1) is 0 Å². The van der Waals surface area contributed by atoms with Gasteiger partial charge in [0.15, 0.2) is 0 Å². The summed E-state index contributed by atoms with van der Waals surface area (Å²) in [6, 6.07) is 0.931. The van der Waals surface area contributed by atoms with Gasteiger partial charge in [-0.3, -0.25) is 0 Å². The Bertz CT molecular complexity index is 850. The van der Waals surface area contributed by atoms with Gasteiger partial charge in [0.2, 0.25) is 11.8 Å². The van der Waals surface area contributed by atoms with Gasteiger partial charge in [0.25, 0.3) is 0 Å². The Morgan fingerprint density at radius 3 is 2.40 bits per heavy atom. The van der Waals surface area contributed by atoms with Crippen molar-refractivity contribution in [3.8, 4) is 5.88 Å². The van der Waals surface area contributed by atoms with E-state index in [-0.39, 0.29) is 18.0 Å². The molecule has 0 atom stereocenters. The van der Waals surface area contributed by atoms with E-state index < -0.39 is 27.1 Å². The van der Waals surface area contributed by atoms with Crippen LogP contribution in [0.5, 0.6) is 5.88 Å². The second-order valence-corrected chi connectivity index (χ2v) is 9.51. The van der Waals surface area contributed by atoms with Gasteiger partial charge < -0.3 is 18.7 Å². The number of hydrogen-bond acceptors (Lipinski definition) is 8. The lowest BCUT2D eigenvalue weighted by Crippen LogP contribution is -2.43. The third-order valence-corrected chi connectivity index (χ3v) is 5.19. The van der Waals surface area contributed by atoms with Crippen LogP contribution < -0.4 is 9.08 Å². The number of nitrogens with zero attached hydrogens (tertiary/aromatic N) is 4. The normalized spacial score (nSPS) is 16.3. The van der Waals surface area contributed by atoms with Crippen LogP contribution in [-0.4, -0.2) is 67.2 Å². The lowest BCUT2D eigenvalue weighted by atomic mass is 9.96. The first-order chi connectivity index (χ1) is 13.7. The van der Waals surface area contributed by atoms with Gasteiger partial charge in [0.1, 0.15) is 5.60 Å². The highest BCUT2D eigenvalue weighted by atomic mass is 32.2. The smallest absolute Gasteiger partial charge is 0.444 e. The monoisotopic (exact) mass is 454 g/mol. The van der Waals surface area contributed by atoms with E-state index in [9.17, 15) is 26.4 Å². The largest absolute Gasteiger partial charge is 0.534 e. The van der Waals surface area contributed by atoms with E-state index in [0.29, 0.717) is 32.5 Å². The number of carbonyl (C=O) groups excluding carboxylic acids is 1. The Hall–Kier alpha value is -2.31. The van der Waals surface area contributed by atoms with Crippen molar-refractivity contribution in [3.63, 3.8) is 0 Å². The molecule has 0 bridgehead atoms. The molecule has 1 aromatic rings. The number of likely N-dealkylation sites (tertiary alicyclic amines) is 1. The van der Waals surface area contributed by atoms with Crippen molar-refractivity contribution in [3.05, 3.63) is 12.3 Å². The predicted octanol–water partition coefficient (Wildman–Crippen LogP) is 2.79. The van der Waals surface area contributed by atoms with Gasteiger partial charge in [-0.05, 0) is 39.5 Å². The van der Waals surface area contributed by atoms with E-state index in [1.165, 1.54) is 0 Å². The minimum atomic E-state index is -5.81. The Balaban J connectivity index is 1.93. The summed E-state index contributed by atoms with van der Waals surface area (Å²) in [7, 11) is -4.17. The summed E-state index contributed by atoms with van der Waals surface area (Å²) in [5.74, 6) is -0.510. The fourth-order valence-corrected chi connectivity index (χ4v) is 3.23. The minimum Gasteiger partial charge on any atom is -0.444 e. The van der Waals surface area contributed by atoms with Gasteiger partial charge >= 0.3 is 21.7 Å². The Labute approximate surface area is 173 Å². The molecular weight excluding hydrogens is 429 g/mol. The molecule has 1 amide bonds. The molecule has 0 aromatic carbocycles. The molecule has 1 aliphatic heterocycles. The number of hydrogen-bond donors (Lipinski definition) is 0. The standard InChI is InChI=1S/C17H25F3N4O5S/c1-16(2,3)28-15(25)24-9-6-12(7-10-24)11-23(4)14-21-8-5-13(22-14)29-30(26,27)17(18,19)20/h5,8,12H,6-7,9-11H2,1-4H3. The van der Waals surface area contributed by atoms with Gasteiger partial charge in [-0.2, -0.15) is 26.6 Å². The van der Waals surface area contributed by atoms with Crippen LogP contribution in [0.15, 0.2) is 12.3 Å². The van der Waals surface area contributed by atoms with Gasteiger partial charge in [-0.1, -0.05) is 0 Å². The molecule has 0 radical (unpaired) electrons. The fourth-order valence-electron chi connectivity index (χ4n) is 2.82. The summed E-state index contributed by atoms with van der Waals surface area (Å²) < 4.78 is 69.0. The molecule has 1 aliphatic rings. The van der Waals surface area contributed by atoms with Crippen LogP contribution in [0, 0.1) is 5.92 Å². The van der Waals surface area contributed by atoms with E-state index in [1.54, 1.807) is 37.6 Å². The van der Waals surface area contributed by atoms with Crippen LogP contribution in [0.3, 0.4) is 0 Å². The maximum Gasteiger partial charge on any atom is 0.534 e. The summed E-state index contributed by atoms with van der Waals surface area (Å²) in [6.45, 7) is 6.89. The maximum atomic E-state index is 12.5. The van der Waals surface area contributed by atoms with Gasteiger partial charge in [0, 0.05) is 38.9 Å². The molecule has 1 fully saturated rings. The second kappa shape index (κ2) is 8.82. The lowest BCUT2D eigenvalue weighted by molar-refractivity contribution is -0.0501. The van der Waals surface area contributed by atoms with Crippen molar-refractivity contribution in [2.75, 3.05) is 31.6 Å². The maximum absolute atomic E-state index is 12.5. The van der Waals surface area contributed by atoms with Crippen molar-refractivity contribution in [1.29, 1.82) is 0 Å². The number of aromatic nitrogens is 2. The van der Waals surface area contributed by atoms with E-state index in [1.807, 2.05) is 0 Å². The average molecular weight is 454 g/mol. The molecule has 0 aliphatic carbocycles. The number of alkyl halides is 3. The summed E-state index contributed by atoms with van der Waals surface area (Å²) >= 11 is 0. The van der Waals surface area contributed by atoms with Gasteiger partial charge in [-0.25, -0.2) is 9.78 Å². The second-order valence-electron chi connectivity index (χ2n) is 7.97. The van der Waals surface area contributed by atoms with Crippen LogP contribution in [-0.2, 0) is 14.9 Å². The van der Waals surface area contributed by atoms with Crippen LogP contribution in [0.2, 0.25) is 0 Å². The molecule has 30 heavy (non-hydrogen) atoms. The number of anilines is 1. The summed E-state index contributed by atoms with van der Waals surface area (Å²) in [5, 5.41) is 0. The lowest BCUT2D eigenvalue weighted by Gasteiger charge is -2.34. The van der Waals surface area contributed by atoms with Crippen LogP contribution in [0.25, 0.3) is 0 Å². The van der Waals surface area contributed by atoms with Crippen LogP contribution in [0.4, 0.5) is 23.9 Å². The molecule has 13 heteroatoms. The zero-order chi connectivity index (χ0) is 22.7.